The van der Waals surface area contributed by atoms with E-state index in [9.17, 15) is 4.79 Å². The highest BCUT2D eigenvalue weighted by molar-refractivity contribution is 6.30. The Morgan fingerprint density at radius 1 is 1.35 bits per heavy atom. The number of carbonyl (C=O) groups is 1. The molecular formula is C16H24ClN2O+. The zero-order valence-electron chi connectivity index (χ0n) is 12.1. The van der Waals surface area contributed by atoms with Crippen molar-refractivity contribution in [3.8, 4) is 0 Å². The summed E-state index contributed by atoms with van der Waals surface area (Å²) in [4.78, 5) is 11.9. The van der Waals surface area contributed by atoms with E-state index < -0.39 is 0 Å². The van der Waals surface area contributed by atoms with Crippen LogP contribution in [0.2, 0.25) is 5.02 Å². The first-order chi connectivity index (χ1) is 9.65. The third-order valence-corrected chi connectivity index (χ3v) is 4.27. The van der Waals surface area contributed by atoms with Gasteiger partial charge in [0.2, 0.25) is 0 Å². The molecule has 3 N–H and O–H groups in total. The normalized spacial score (nSPS) is 22.5. The van der Waals surface area contributed by atoms with Crippen LogP contribution in [0.5, 0.6) is 0 Å². The van der Waals surface area contributed by atoms with Crippen molar-refractivity contribution < 1.29 is 10.1 Å². The lowest BCUT2D eigenvalue weighted by atomic mass is 9.87. The number of hydrogen-bond acceptors (Lipinski definition) is 1. The Labute approximate surface area is 126 Å². The van der Waals surface area contributed by atoms with Crippen molar-refractivity contribution in [1.82, 2.24) is 5.32 Å². The second kappa shape index (κ2) is 7.65. The number of amides is 1. The van der Waals surface area contributed by atoms with Gasteiger partial charge < -0.3 is 10.6 Å². The van der Waals surface area contributed by atoms with Crippen LogP contribution in [0.25, 0.3) is 0 Å². The minimum absolute atomic E-state index is 0.0212. The minimum atomic E-state index is -0.0212. The second-order valence-corrected chi connectivity index (χ2v) is 6.26. The van der Waals surface area contributed by atoms with Crippen LogP contribution in [0.3, 0.4) is 0 Å². The Kier molecular flexibility index (Phi) is 5.86. The van der Waals surface area contributed by atoms with Crippen LogP contribution in [0, 0.1) is 5.92 Å². The summed E-state index contributed by atoms with van der Waals surface area (Å²) >= 11 is 5.80. The molecule has 1 aromatic carbocycles. The highest BCUT2D eigenvalue weighted by Gasteiger charge is 2.20. The fourth-order valence-corrected chi connectivity index (χ4v) is 3.03. The Balaban J connectivity index is 1.65. The van der Waals surface area contributed by atoms with E-state index in [4.69, 9.17) is 11.6 Å². The zero-order chi connectivity index (χ0) is 14.4. The van der Waals surface area contributed by atoms with E-state index in [1.807, 2.05) is 0 Å². The van der Waals surface area contributed by atoms with Gasteiger partial charge in [-0.3, -0.25) is 4.79 Å². The van der Waals surface area contributed by atoms with Crippen LogP contribution >= 0.6 is 11.6 Å². The molecule has 0 aromatic heterocycles. The fraction of sp³-hybridized carbons (Fsp3) is 0.562. The Bertz CT molecular complexity index is 433. The Morgan fingerprint density at radius 3 is 2.80 bits per heavy atom. The van der Waals surface area contributed by atoms with Gasteiger partial charge in [-0.05, 0) is 43.0 Å². The van der Waals surface area contributed by atoms with Crippen molar-refractivity contribution in [3.63, 3.8) is 0 Å². The summed E-state index contributed by atoms with van der Waals surface area (Å²) in [7, 11) is 0. The van der Waals surface area contributed by atoms with Crippen LogP contribution in [0.15, 0.2) is 24.3 Å². The Hall–Kier alpha value is -1.06. The lowest BCUT2D eigenvalue weighted by Crippen LogP contribution is -2.91. The molecule has 2 atom stereocenters. The predicted octanol–water partition coefficient (Wildman–Crippen LogP) is 2.21. The van der Waals surface area contributed by atoms with Crippen molar-refractivity contribution >= 4 is 17.5 Å². The molecule has 1 aliphatic carbocycles. The summed E-state index contributed by atoms with van der Waals surface area (Å²) in [6, 6.07) is 7.73. The summed E-state index contributed by atoms with van der Waals surface area (Å²) in [5, 5.41) is 6.00. The molecular weight excluding hydrogens is 272 g/mol. The molecule has 0 bridgehead atoms. The molecule has 20 heavy (non-hydrogen) atoms. The number of hydrogen-bond donors (Lipinski definition) is 2. The molecule has 2 rings (SSSR count). The topological polar surface area (TPSA) is 45.7 Å². The van der Waals surface area contributed by atoms with Gasteiger partial charge in [0.1, 0.15) is 0 Å². The van der Waals surface area contributed by atoms with Gasteiger partial charge in [0.05, 0.1) is 19.1 Å². The number of rotatable bonds is 5. The van der Waals surface area contributed by atoms with Crippen molar-refractivity contribution in [2.24, 2.45) is 5.92 Å². The summed E-state index contributed by atoms with van der Waals surface area (Å²) < 4.78 is 0. The van der Waals surface area contributed by atoms with Crippen molar-refractivity contribution in [2.75, 3.05) is 13.1 Å². The summed E-state index contributed by atoms with van der Waals surface area (Å²) in [6.45, 7) is 4.01. The molecule has 0 heterocycles. The van der Waals surface area contributed by atoms with Gasteiger partial charge in [-0.15, -0.1) is 0 Å². The summed E-state index contributed by atoms with van der Waals surface area (Å²) in [5.74, 6) is 0.834. The average molecular weight is 296 g/mol. The fourth-order valence-electron chi connectivity index (χ4n) is 2.90. The molecule has 0 saturated heterocycles. The maximum atomic E-state index is 11.9. The standard InChI is InChI=1S/C16H23ClN2O/c1-12-3-2-4-15(11-12)18-9-10-19-16(20)13-5-7-14(17)8-6-13/h5-8,12,15,18H,2-4,9-11H2,1H3,(H,19,20)/p+1/t12-,15+/m0/s1. The van der Waals surface area contributed by atoms with Crippen LogP contribution in [0.4, 0.5) is 0 Å². The molecule has 1 aromatic rings. The number of carbonyl (C=O) groups excluding carboxylic acids is 1. The first-order valence-electron chi connectivity index (χ1n) is 7.52. The lowest BCUT2D eigenvalue weighted by Gasteiger charge is -2.24. The van der Waals surface area contributed by atoms with E-state index in [0.29, 0.717) is 17.1 Å². The van der Waals surface area contributed by atoms with Gasteiger partial charge >= 0.3 is 0 Å². The first-order valence-corrected chi connectivity index (χ1v) is 7.90. The molecule has 0 radical (unpaired) electrons. The van der Waals surface area contributed by atoms with Crippen LogP contribution < -0.4 is 10.6 Å². The maximum Gasteiger partial charge on any atom is 0.251 e. The number of quaternary nitrogens is 1. The van der Waals surface area contributed by atoms with Crippen LogP contribution in [-0.4, -0.2) is 25.0 Å². The number of nitrogens with one attached hydrogen (secondary N) is 1. The van der Waals surface area contributed by atoms with Crippen molar-refractivity contribution in [2.45, 2.75) is 38.6 Å². The Morgan fingerprint density at radius 2 is 2.10 bits per heavy atom. The van der Waals surface area contributed by atoms with E-state index in [1.54, 1.807) is 24.3 Å². The first kappa shape index (κ1) is 15.3. The molecule has 0 spiro atoms. The molecule has 110 valence electrons. The average Bonchev–Trinajstić information content (AvgIpc) is 2.44. The second-order valence-electron chi connectivity index (χ2n) is 5.82. The zero-order valence-corrected chi connectivity index (χ0v) is 12.8. The molecule has 1 saturated carbocycles. The highest BCUT2D eigenvalue weighted by Crippen LogP contribution is 2.21. The van der Waals surface area contributed by atoms with Gasteiger partial charge in [0.15, 0.2) is 0 Å². The van der Waals surface area contributed by atoms with Crippen molar-refractivity contribution in [1.29, 1.82) is 0 Å². The summed E-state index contributed by atoms with van der Waals surface area (Å²) in [6.07, 6.45) is 5.34. The van der Waals surface area contributed by atoms with Gasteiger partial charge in [-0.2, -0.15) is 0 Å². The van der Waals surface area contributed by atoms with E-state index in [0.717, 1.165) is 18.5 Å². The lowest BCUT2D eigenvalue weighted by molar-refractivity contribution is -0.690. The third-order valence-electron chi connectivity index (χ3n) is 4.01. The monoisotopic (exact) mass is 295 g/mol. The van der Waals surface area contributed by atoms with Crippen LogP contribution in [-0.2, 0) is 0 Å². The smallest absolute Gasteiger partial charge is 0.251 e. The number of nitrogens with two attached hydrogens (primary N) is 1. The quantitative estimate of drug-likeness (QED) is 0.804. The van der Waals surface area contributed by atoms with E-state index in [1.165, 1.54) is 25.7 Å². The van der Waals surface area contributed by atoms with Gasteiger partial charge in [0, 0.05) is 17.0 Å². The van der Waals surface area contributed by atoms with Crippen LogP contribution in [0.1, 0.15) is 43.0 Å². The molecule has 4 heteroatoms. The SMILES string of the molecule is C[C@H]1CCC[C@@H]([NH2+]CCNC(=O)c2ccc(Cl)cc2)C1. The maximum absolute atomic E-state index is 11.9. The highest BCUT2D eigenvalue weighted by atomic mass is 35.5. The molecule has 3 nitrogen and oxygen atoms in total. The van der Waals surface area contributed by atoms with E-state index in [2.05, 4.69) is 17.6 Å². The number of halogens is 1. The molecule has 0 aliphatic heterocycles. The number of benzene rings is 1. The largest absolute Gasteiger partial charge is 0.346 e. The molecule has 0 unspecified atom stereocenters. The third kappa shape index (κ3) is 4.80. The van der Waals surface area contributed by atoms with E-state index >= 15 is 0 Å². The van der Waals surface area contributed by atoms with Crippen molar-refractivity contribution in [3.05, 3.63) is 34.9 Å². The van der Waals surface area contributed by atoms with Gasteiger partial charge in [-0.1, -0.05) is 24.9 Å². The van der Waals surface area contributed by atoms with Gasteiger partial charge in [-0.25, -0.2) is 0 Å². The molecule has 1 fully saturated rings. The summed E-state index contributed by atoms with van der Waals surface area (Å²) in [5.41, 5.74) is 0.667. The van der Waals surface area contributed by atoms with Gasteiger partial charge in [0.25, 0.3) is 5.91 Å². The minimum Gasteiger partial charge on any atom is -0.346 e. The molecule has 1 aliphatic rings. The molecule has 1 amide bonds. The van der Waals surface area contributed by atoms with E-state index in [-0.39, 0.29) is 5.91 Å². The predicted molar refractivity (Wildman–Crippen MR) is 82.0 cm³/mol.